The van der Waals surface area contributed by atoms with Crippen molar-refractivity contribution in [2.45, 2.75) is 32.3 Å². The molecule has 0 aliphatic rings. The van der Waals surface area contributed by atoms with Gasteiger partial charge in [-0.2, -0.15) is 5.10 Å². The van der Waals surface area contributed by atoms with Crippen molar-refractivity contribution >= 4 is 43.8 Å². The number of sulfonamides is 1. The Morgan fingerprint density at radius 2 is 1.64 bits per heavy atom. The fraction of sp³-hybridized carbons (Fsp3) is 0.188. The SMILES string of the molecule is COc1cc(/C=N\NC(=O)CN(c2cc(C)ccc2C)S(=O)(=O)c2ccccc2)cc(Br)c1OCc1ccc(C)cc1. The molecule has 0 aliphatic carbocycles. The highest BCUT2D eigenvalue weighted by molar-refractivity contribution is 9.10. The van der Waals surface area contributed by atoms with E-state index in [0.29, 0.717) is 33.8 Å². The number of methoxy groups -OCH3 is 1. The number of aryl methyl sites for hydroxylation is 3. The molecule has 42 heavy (non-hydrogen) atoms. The minimum absolute atomic E-state index is 0.0869. The van der Waals surface area contributed by atoms with Gasteiger partial charge in [0.1, 0.15) is 13.2 Å². The number of hydrazone groups is 1. The van der Waals surface area contributed by atoms with Crippen LogP contribution in [-0.4, -0.2) is 34.2 Å². The molecule has 218 valence electrons. The van der Waals surface area contributed by atoms with Crippen molar-refractivity contribution < 1.29 is 22.7 Å². The van der Waals surface area contributed by atoms with E-state index in [4.69, 9.17) is 9.47 Å². The number of nitrogens with zero attached hydrogens (tertiary/aromatic N) is 2. The number of halogens is 1. The highest BCUT2D eigenvalue weighted by atomic mass is 79.9. The fourth-order valence-electron chi connectivity index (χ4n) is 4.15. The second-order valence-corrected chi connectivity index (χ2v) is 12.4. The second kappa shape index (κ2) is 13.7. The third-order valence-electron chi connectivity index (χ3n) is 6.41. The zero-order valence-corrected chi connectivity index (χ0v) is 26.2. The predicted molar refractivity (Wildman–Crippen MR) is 169 cm³/mol. The van der Waals surface area contributed by atoms with Gasteiger partial charge in [-0.15, -0.1) is 0 Å². The normalized spacial score (nSPS) is 11.4. The molecule has 10 heteroatoms. The summed E-state index contributed by atoms with van der Waals surface area (Å²) in [6.07, 6.45) is 1.45. The molecular weight excluding hydrogens is 618 g/mol. The van der Waals surface area contributed by atoms with Gasteiger partial charge in [-0.3, -0.25) is 9.10 Å². The van der Waals surface area contributed by atoms with E-state index in [1.54, 1.807) is 43.3 Å². The number of benzene rings is 4. The number of nitrogens with one attached hydrogen (secondary N) is 1. The van der Waals surface area contributed by atoms with Gasteiger partial charge in [0.2, 0.25) is 0 Å². The van der Waals surface area contributed by atoms with Crippen molar-refractivity contribution in [3.05, 3.63) is 117 Å². The molecule has 1 N–H and O–H groups in total. The minimum atomic E-state index is -4.03. The number of hydrogen-bond donors (Lipinski definition) is 1. The Labute approximate surface area is 255 Å². The molecule has 0 saturated heterocycles. The Balaban J connectivity index is 1.50. The van der Waals surface area contributed by atoms with Crippen molar-refractivity contribution in [1.29, 1.82) is 0 Å². The van der Waals surface area contributed by atoms with Crippen molar-refractivity contribution in [2.75, 3.05) is 18.0 Å². The van der Waals surface area contributed by atoms with Gasteiger partial charge in [0.25, 0.3) is 15.9 Å². The molecule has 4 aromatic rings. The summed E-state index contributed by atoms with van der Waals surface area (Å²) in [5.41, 5.74) is 7.28. The number of ether oxygens (including phenoxy) is 2. The third kappa shape index (κ3) is 7.57. The maximum Gasteiger partial charge on any atom is 0.264 e. The Morgan fingerprint density at radius 3 is 2.33 bits per heavy atom. The molecule has 0 unspecified atom stereocenters. The van der Waals surface area contributed by atoms with Crippen LogP contribution in [0.5, 0.6) is 11.5 Å². The molecule has 0 fully saturated rings. The van der Waals surface area contributed by atoms with Crippen LogP contribution in [0.2, 0.25) is 0 Å². The van der Waals surface area contributed by atoms with Crippen molar-refractivity contribution in [1.82, 2.24) is 5.43 Å². The van der Waals surface area contributed by atoms with Crippen LogP contribution in [0.25, 0.3) is 0 Å². The highest BCUT2D eigenvalue weighted by Gasteiger charge is 2.28. The lowest BCUT2D eigenvalue weighted by Gasteiger charge is -2.25. The molecule has 0 radical (unpaired) electrons. The molecule has 0 heterocycles. The van der Waals surface area contributed by atoms with Gasteiger partial charge in [-0.25, -0.2) is 13.8 Å². The summed E-state index contributed by atoms with van der Waals surface area (Å²) in [4.78, 5) is 13.1. The number of carbonyl (C=O) groups excluding carboxylic acids is 1. The van der Waals surface area contributed by atoms with Gasteiger partial charge in [0.05, 0.1) is 28.4 Å². The van der Waals surface area contributed by atoms with Gasteiger partial charge in [-0.05, 0) is 89.3 Å². The lowest BCUT2D eigenvalue weighted by atomic mass is 10.1. The summed E-state index contributed by atoms with van der Waals surface area (Å²) in [5.74, 6) is 0.421. The fourth-order valence-corrected chi connectivity index (χ4v) is 6.22. The first-order valence-corrected chi connectivity index (χ1v) is 15.3. The van der Waals surface area contributed by atoms with Crippen LogP contribution in [-0.2, 0) is 21.4 Å². The smallest absolute Gasteiger partial charge is 0.264 e. The number of hydrogen-bond acceptors (Lipinski definition) is 6. The van der Waals surface area contributed by atoms with Crippen LogP contribution in [0.3, 0.4) is 0 Å². The largest absolute Gasteiger partial charge is 0.493 e. The molecule has 0 aliphatic heterocycles. The first-order chi connectivity index (χ1) is 20.1. The van der Waals surface area contributed by atoms with E-state index in [1.807, 2.05) is 50.2 Å². The van der Waals surface area contributed by atoms with Gasteiger partial charge in [0, 0.05) is 0 Å². The quantitative estimate of drug-likeness (QED) is 0.152. The highest BCUT2D eigenvalue weighted by Crippen LogP contribution is 2.37. The van der Waals surface area contributed by atoms with Crippen molar-refractivity contribution in [2.24, 2.45) is 5.10 Å². The number of rotatable bonds is 11. The van der Waals surface area contributed by atoms with Crippen molar-refractivity contribution in [3.63, 3.8) is 0 Å². The van der Waals surface area contributed by atoms with E-state index < -0.39 is 22.5 Å². The first kappa shape index (κ1) is 30.8. The maximum atomic E-state index is 13.6. The van der Waals surface area contributed by atoms with E-state index >= 15 is 0 Å². The summed E-state index contributed by atoms with van der Waals surface area (Å²) < 4.78 is 40.5. The topological polar surface area (TPSA) is 97.3 Å². The van der Waals surface area contributed by atoms with Crippen LogP contribution in [0.15, 0.2) is 99.4 Å². The van der Waals surface area contributed by atoms with Gasteiger partial charge in [0.15, 0.2) is 11.5 Å². The van der Waals surface area contributed by atoms with E-state index in [1.165, 1.54) is 31.0 Å². The standard InChI is InChI=1S/C32H32BrN3O5S/c1-22-11-14-25(15-12-22)21-41-32-28(33)17-26(18-30(32)40-4)19-34-35-31(37)20-36(29-16-23(2)10-13-24(29)3)42(38,39)27-8-6-5-7-9-27/h5-19H,20-21H2,1-4H3,(H,35,37)/b34-19-. The Bertz CT molecular complexity index is 1690. The lowest BCUT2D eigenvalue weighted by Crippen LogP contribution is -2.40. The van der Waals surface area contributed by atoms with Crippen LogP contribution in [0.1, 0.15) is 27.8 Å². The summed E-state index contributed by atoms with van der Waals surface area (Å²) in [5, 5.41) is 4.07. The molecule has 0 aromatic heterocycles. The van der Waals surface area contributed by atoms with Crippen LogP contribution >= 0.6 is 15.9 Å². The van der Waals surface area contributed by atoms with E-state index in [-0.39, 0.29) is 4.90 Å². The molecule has 1 amide bonds. The first-order valence-electron chi connectivity index (χ1n) is 13.1. The van der Waals surface area contributed by atoms with E-state index in [0.717, 1.165) is 21.0 Å². The number of anilines is 1. The molecule has 0 saturated carbocycles. The number of amides is 1. The Kier molecular flexibility index (Phi) is 10.0. The maximum absolute atomic E-state index is 13.6. The molecule has 4 aromatic carbocycles. The third-order valence-corrected chi connectivity index (χ3v) is 8.77. The summed E-state index contributed by atoms with van der Waals surface area (Å²) in [7, 11) is -2.49. The zero-order valence-electron chi connectivity index (χ0n) is 23.8. The summed E-state index contributed by atoms with van der Waals surface area (Å²) in [6.45, 7) is 5.60. The van der Waals surface area contributed by atoms with E-state index in [2.05, 4.69) is 26.5 Å². The van der Waals surface area contributed by atoms with Crippen LogP contribution in [0.4, 0.5) is 5.69 Å². The molecule has 0 atom stereocenters. The monoisotopic (exact) mass is 649 g/mol. The average Bonchev–Trinajstić information content (AvgIpc) is 2.97. The molecule has 8 nitrogen and oxygen atoms in total. The van der Waals surface area contributed by atoms with Gasteiger partial charge in [-0.1, -0.05) is 60.2 Å². The Hall–Kier alpha value is -4.15. The van der Waals surface area contributed by atoms with Crippen molar-refractivity contribution in [3.8, 4) is 11.5 Å². The molecular formula is C32H32BrN3O5S. The minimum Gasteiger partial charge on any atom is -0.493 e. The van der Waals surface area contributed by atoms with Gasteiger partial charge < -0.3 is 9.47 Å². The van der Waals surface area contributed by atoms with E-state index in [9.17, 15) is 13.2 Å². The summed E-state index contributed by atoms with van der Waals surface area (Å²) >= 11 is 3.53. The Morgan fingerprint density at radius 1 is 0.952 bits per heavy atom. The average molecular weight is 651 g/mol. The lowest BCUT2D eigenvalue weighted by molar-refractivity contribution is -0.119. The van der Waals surface area contributed by atoms with Crippen LogP contribution < -0.4 is 19.2 Å². The van der Waals surface area contributed by atoms with Gasteiger partial charge >= 0.3 is 0 Å². The predicted octanol–water partition coefficient (Wildman–Crippen LogP) is 6.31. The molecule has 4 rings (SSSR count). The molecule has 0 bridgehead atoms. The number of carbonyl (C=O) groups is 1. The van der Waals surface area contributed by atoms with Crippen LogP contribution in [0, 0.1) is 20.8 Å². The summed E-state index contributed by atoms with van der Waals surface area (Å²) in [6, 6.07) is 25.1. The molecule has 0 spiro atoms. The zero-order chi connectivity index (χ0) is 30.3. The second-order valence-electron chi connectivity index (χ2n) is 9.72.